The van der Waals surface area contributed by atoms with E-state index in [-0.39, 0.29) is 5.91 Å². The molecule has 0 fully saturated rings. The van der Waals surface area contributed by atoms with Crippen molar-refractivity contribution in [3.63, 3.8) is 0 Å². The molecule has 2 aromatic rings. The monoisotopic (exact) mass is 340 g/mol. The molecule has 25 heavy (non-hydrogen) atoms. The van der Waals surface area contributed by atoms with Gasteiger partial charge in [0, 0.05) is 12.1 Å². The molecular formula is C21H28N2O2. The number of ether oxygens (including phenoxy) is 1. The molecule has 0 aliphatic heterocycles. The van der Waals surface area contributed by atoms with Crippen LogP contribution in [0.4, 0.5) is 0 Å². The number of hydrogen-bond donors (Lipinski definition) is 1. The Morgan fingerprint density at radius 2 is 1.64 bits per heavy atom. The van der Waals surface area contributed by atoms with Gasteiger partial charge >= 0.3 is 0 Å². The van der Waals surface area contributed by atoms with Gasteiger partial charge in [-0.15, -0.1) is 0 Å². The van der Waals surface area contributed by atoms with Gasteiger partial charge in [-0.25, -0.2) is 0 Å². The van der Waals surface area contributed by atoms with Gasteiger partial charge in [-0.1, -0.05) is 43.7 Å². The van der Waals surface area contributed by atoms with Crippen molar-refractivity contribution in [3.8, 4) is 5.75 Å². The molecule has 134 valence electrons. The zero-order chi connectivity index (χ0) is 18.1. The Morgan fingerprint density at radius 3 is 2.24 bits per heavy atom. The second-order valence-corrected chi connectivity index (χ2v) is 6.08. The predicted octanol–water partition coefficient (Wildman–Crippen LogP) is 3.65. The second kappa shape index (κ2) is 9.84. The number of nitrogens with zero attached hydrogens (tertiary/aromatic N) is 1. The predicted molar refractivity (Wildman–Crippen MR) is 102 cm³/mol. The van der Waals surface area contributed by atoms with Crippen LogP contribution in [0, 0.1) is 6.92 Å². The highest BCUT2D eigenvalue weighted by atomic mass is 16.5. The molecule has 1 N–H and O–H groups in total. The molecule has 0 saturated carbocycles. The van der Waals surface area contributed by atoms with Crippen molar-refractivity contribution in [2.24, 2.45) is 0 Å². The van der Waals surface area contributed by atoms with Gasteiger partial charge in [-0.3, -0.25) is 9.69 Å². The van der Waals surface area contributed by atoms with Crippen molar-refractivity contribution in [3.05, 3.63) is 65.2 Å². The van der Waals surface area contributed by atoms with Crippen LogP contribution in [0.2, 0.25) is 0 Å². The van der Waals surface area contributed by atoms with Crippen molar-refractivity contribution < 1.29 is 9.53 Å². The highest BCUT2D eigenvalue weighted by Crippen LogP contribution is 2.11. The molecule has 0 heterocycles. The van der Waals surface area contributed by atoms with Gasteiger partial charge in [0.2, 0.25) is 0 Å². The van der Waals surface area contributed by atoms with E-state index in [4.69, 9.17) is 4.74 Å². The van der Waals surface area contributed by atoms with Crippen molar-refractivity contribution in [1.82, 2.24) is 10.2 Å². The average molecular weight is 340 g/mol. The number of rotatable bonds is 9. The fraction of sp³-hybridized carbons (Fsp3) is 0.381. The van der Waals surface area contributed by atoms with Crippen LogP contribution in [-0.4, -0.2) is 37.0 Å². The molecule has 0 spiro atoms. The van der Waals surface area contributed by atoms with Crippen LogP contribution < -0.4 is 10.1 Å². The summed E-state index contributed by atoms with van der Waals surface area (Å²) < 4.78 is 5.61. The Morgan fingerprint density at radius 1 is 1.00 bits per heavy atom. The van der Waals surface area contributed by atoms with Gasteiger partial charge in [-0.05, 0) is 49.8 Å². The molecule has 0 radical (unpaired) electrons. The molecular weight excluding hydrogens is 312 g/mol. The third-order valence-corrected chi connectivity index (χ3v) is 4.19. The lowest BCUT2D eigenvalue weighted by molar-refractivity contribution is 0.0947. The zero-order valence-electron chi connectivity index (χ0n) is 15.4. The summed E-state index contributed by atoms with van der Waals surface area (Å²) in [5.41, 5.74) is 3.10. The molecule has 4 heteroatoms. The Balaban J connectivity index is 1.75. The molecule has 0 bridgehead atoms. The third kappa shape index (κ3) is 6.24. The van der Waals surface area contributed by atoms with Crippen molar-refractivity contribution >= 4 is 5.91 Å². The smallest absolute Gasteiger partial charge is 0.251 e. The highest BCUT2D eigenvalue weighted by molar-refractivity contribution is 5.94. The quantitative estimate of drug-likeness (QED) is 0.709. The van der Waals surface area contributed by atoms with Crippen LogP contribution in [0.25, 0.3) is 0 Å². The van der Waals surface area contributed by atoms with Crippen LogP contribution >= 0.6 is 0 Å². The minimum atomic E-state index is -0.0677. The molecule has 0 aliphatic rings. The van der Waals surface area contributed by atoms with E-state index in [1.165, 1.54) is 11.1 Å². The number of nitrogens with one attached hydrogen (secondary N) is 1. The van der Waals surface area contributed by atoms with Gasteiger partial charge in [0.1, 0.15) is 12.4 Å². The van der Waals surface area contributed by atoms with E-state index in [0.29, 0.717) is 18.7 Å². The van der Waals surface area contributed by atoms with Crippen molar-refractivity contribution in [1.29, 1.82) is 0 Å². The first-order valence-corrected chi connectivity index (χ1v) is 8.91. The second-order valence-electron chi connectivity index (χ2n) is 6.08. The van der Waals surface area contributed by atoms with Gasteiger partial charge < -0.3 is 10.1 Å². The Bertz CT molecular complexity index is 647. The van der Waals surface area contributed by atoms with E-state index in [9.17, 15) is 4.79 Å². The fourth-order valence-electron chi connectivity index (χ4n) is 2.54. The van der Waals surface area contributed by atoms with Gasteiger partial charge in [-0.2, -0.15) is 0 Å². The number of hydrogen-bond acceptors (Lipinski definition) is 3. The zero-order valence-corrected chi connectivity index (χ0v) is 15.4. The molecule has 1 amide bonds. The minimum absolute atomic E-state index is 0.0677. The van der Waals surface area contributed by atoms with Gasteiger partial charge in [0.25, 0.3) is 5.91 Å². The Labute approximate surface area is 150 Å². The SMILES string of the molecule is CCN(CC)Cc1ccc(C(=O)NCCOc2ccc(C)cc2)cc1. The molecule has 0 atom stereocenters. The molecule has 2 rings (SSSR count). The topological polar surface area (TPSA) is 41.6 Å². The summed E-state index contributed by atoms with van der Waals surface area (Å²) in [4.78, 5) is 14.5. The fourth-order valence-corrected chi connectivity index (χ4v) is 2.54. The van der Waals surface area contributed by atoms with Crippen LogP contribution in [0.3, 0.4) is 0 Å². The number of benzene rings is 2. The van der Waals surface area contributed by atoms with Crippen molar-refractivity contribution in [2.45, 2.75) is 27.3 Å². The van der Waals surface area contributed by atoms with E-state index < -0.39 is 0 Å². The van der Waals surface area contributed by atoms with Crippen LogP contribution in [0.5, 0.6) is 5.75 Å². The van der Waals surface area contributed by atoms with E-state index >= 15 is 0 Å². The standard InChI is InChI=1S/C21H28N2O2/c1-4-23(5-2)16-18-8-10-19(11-9-18)21(24)22-14-15-25-20-12-6-17(3)7-13-20/h6-13H,4-5,14-16H2,1-3H3,(H,22,24). The first-order valence-electron chi connectivity index (χ1n) is 8.91. The summed E-state index contributed by atoms with van der Waals surface area (Å²) in [5, 5.41) is 2.89. The number of carbonyl (C=O) groups is 1. The molecule has 0 aromatic heterocycles. The largest absolute Gasteiger partial charge is 0.492 e. The molecule has 0 saturated heterocycles. The Hall–Kier alpha value is -2.33. The lowest BCUT2D eigenvalue weighted by Gasteiger charge is -2.18. The molecule has 2 aromatic carbocycles. The Kier molecular flexibility index (Phi) is 7.48. The van der Waals surface area contributed by atoms with E-state index in [1.54, 1.807) is 0 Å². The first-order chi connectivity index (χ1) is 12.1. The summed E-state index contributed by atoms with van der Waals surface area (Å²) in [6, 6.07) is 15.7. The van der Waals surface area contributed by atoms with Crippen LogP contribution in [-0.2, 0) is 6.54 Å². The third-order valence-electron chi connectivity index (χ3n) is 4.19. The maximum absolute atomic E-state index is 12.2. The van der Waals surface area contributed by atoms with E-state index in [0.717, 1.165) is 25.4 Å². The minimum Gasteiger partial charge on any atom is -0.492 e. The first kappa shape index (κ1) is 19.0. The van der Waals surface area contributed by atoms with E-state index in [2.05, 4.69) is 24.1 Å². The maximum Gasteiger partial charge on any atom is 0.251 e. The van der Waals surface area contributed by atoms with Crippen LogP contribution in [0.15, 0.2) is 48.5 Å². The van der Waals surface area contributed by atoms with Gasteiger partial charge in [0.15, 0.2) is 0 Å². The summed E-state index contributed by atoms with van der Waals surface area (Å²) in [5.74, 6) is 0.752. The normalized spacial score (nSPS) is 10.7. The summed E-state index contributed by atoms with van der Waals surface area (Å²) in [6.07, 6.45) is 0. The maximum atomic E-state index is 12.2. The molecule has 0 unspecified atom stereocenters. The van der Waals surface area contributed by atoms with E-state index in [1.807, 2.05) is 55.5 Å². The summed E-state index contributed by atoms with van der Waals surface area (Å²) in [7, 11) is 0. The number of amides is 1. The lowest BCUT2D eigenvalue weighted by atomic mass is 10.1. The van der Waals surface area contributed by atoms with Crippen LogP contribution in [0.1, 0.15) is 35.3 Å². The molecule has 4 nitrogen and oxygen atoms in total. The lowest BCUT2D eigenvalue weighted by Crippen LogP contribution is -2.28. The number of aryl methyl sites for hydroxylation is 1. The number of carbonyl (C=O) groups excluding carboxylic acids is 1. The average Bonchev–Trinajstić information content (AvgIpc) is 2.65. The highest BCUT2D eigenvalue weighted by Gasteiger charge is 2.06. The van der Waals surface area contributed by atoms with Crippen molar-refractivity contribution in [2.75, 3.05) is 26.2 Å². The molecule has 0 aliphatic carbocycles. The summed E-state index contributed by atoms with van der Waals surface area (Å²) >= 11 is 0. The summed E-state index contributed by atoms with van der Waals surface area (Å²) in [6.45, 7) is 10.3. The van der Waals surface area contributed by atoms with Gasteiger partial charge in [0.05, 0.1) is 6.54 Å².